The van der Waals surface area contributed by atoms with Crippen molar-refractivity contribution in [2.75, 3.05) is 34.3 Å². The van der Waals surface area contributed by atoms with Crippen molar-refractivity contribution in [3.63, 3.8) is 0 Å². The summed E-state index contributed by atoms with van der Waals surface area (Å²) in [5.74, 6) is -1.68. The molecule has 0 aromatic heterocycles. The fraction of sp³-hybridized carbons (Fsp3) is 0.538. The SMILES string of the molecule is C=C(C)C(=O)OCC(O)C[N+](C)(C)C.C=CC(=O)[O-].Cl. The van der Waals surface area contributed by atoms with E-state index in [2.05, 4.69) is 13.2 Å². The zero-order chi connectivity index (χ0) is 15.6. The Labute approximate surface area is 126 Å². The van der Waals surface area contributed by atoms with Crippen molar-refractivity contribution in [3.05, 3.63) is 24.8 Å². The highest BCUT2D eigenvalue weighted by Gasteiger charge is 2.17. The molecule has 0 aliphatic heterocycles. The zero-order valence-electron chi connectivity index (χ0n) is 12.4. The average Bonchev–Trinajstić information content (AvgIpc) is 2.24. The number of halogens is 1. The first-order valence-electron chi connectivity index (χ1n) is 5.64. The summed E-state index contributed by atoms with van der Waals surface area (Å²) in [6, 6.07) is 0. The maximum Gasteiger partial charge on any atom is 0.333 e. The number of aliphatic hydroxyl groups excluding tert-OH is 1. The molecule has 0 spiro atoms. The molecular formula is C13H24ClNO5. The second kappa shape index (κ2) is 11.5. The average molecular weight is 310 g/mol. The van der Waals surface area contributed by atoms with E-state index in [1.165, 1.54) is 0 Å². The van der Waals surface area contributed by atoms with Gasteiger partial charge in [0.25, 0.3) is 0 Å². The Bertz CT molecular complexity index is 336. The van der Waals surface area contributed by atoms with Gasteiger partial charge in [-0.2, -0.15) is 0 Å². The van der Waals surface area contributed by atoms with E-state index in [1.54, 1.807) is 6.92 Å². The Hall–Kier alpha value is -1.37. The minimum Gasteiger partial charge on any atom is -0.545 e. The molecule has 0 amide bonds. The van der Waals surface area contributed by atoms with Gasteiger partial charge in [0.1, 0.15) is 19.3 Å². The number of esters is 1. The van der Waals surface area contributed by atoms with Crippen molar-refractivity contribution in [1.82, 2.24) is 0 Å². The number of ether oxygens (including phenoxy) is 1. The van der Waals surface area contributed by atoms with Crippen LogP contribution in [-0.4, -0.2) is 61.9 Å². The van der Waals surface area contributed by atoms with Gasteiger partial charge in [-0.3, -0.25) is 0 Å². The zero-order valence-corrected chi connectivity index (χ0v) is 13.2. The van der Waals surface area contributed by atoms with Gasteiger partial charge >= 0.3 is 5.97 Å². The Balaban J connectivity index is -0.000000414. The number of likely N-dealkylation sites (N-methyl/N-ethyl adjacent to an activating group) is 1. The molecule has 1 N–H and O–H groups in total. The molecule has 0 saturated heterocycles. The number of rotatable bonds is 6. The topological polar surface area (TPSA) is 86.7 Å². The Morgan fingerprint density at radius 3 is 2.05 bits per heavy atom. The fourth-order valence-electron chi connectivity index (χ4n) is 0.980. The second-order valence-electron chi connectivity index (χ2n) is 5.03. The van der Waals surface area contributed by atoms with Gasteiger partial charge < -0.3 is 24.2 Å². The van der Waals surface area contributed by atoms with Gasteiger partial charge in [0, 0.05) is 5.57 Å². The Morgan fingerprint density at radius 1 is 1.40 bits per heavy atom. The third-order valence-corrected chi connectivity index (χ3v) is 1.68. The third-order valence-electron chi connectivity index (χ3n) is 1.68. The van der Waals surface area contributed by atoms with E-state index in [9.17, 15) is 9.90 Å². The first kappa shape index (κ1) is 23.7. The van der Waals surface area contributed by atoms with E-state index in [-0.39, 0.29) is 19.0 Å². The highest BCUT2D eigenvalue weighted by Crippen LogP contribution is 1.98. The molecule has 20 heavy (non-hydrogen) atoms. The van der Waals surface area contributed by atoms with Crippen molar-refractivity contribution in [2.24, 2.45) is 0 Å². The molecule has 118 valence electrons. The molecular weight excluding hydrogens is 286 g/mol. The minimum atomic E-state index is -1.23. The summed E-state index contributed by atoms with van der Waals surface area (Å²) in [6.07, 6.45) is 0.0956. The lowest BCUT2D eigenvalue weighted by atomic mass is 10.3. The normalized spacial score (nSPS) is 11.1. The third kappa shape index (κ3) is 19.0. The van der Waals surface area contributed by atoms with Gasteiger partial charge in [0.05, 0.1) is 27.1 Å². The highest BCUT2D eigenvalue weighted by molar-refractivity contribution is 5.86. The van der Waals surface area contributed by atoms with Gasteiger partial charge in [-0.15, -0.1) is 12.4 Å². The molecule has 1 atom stereocenters. The van der Waals surface area contributed by atoms with Crippen molar-refractivity contribution < 1.29 is 29.0 Å². The number of aliphatic carboxylic acids is 1. The predicted molar refractivity (Wildman–Crippen MR) is 77.1 cm³/mol. The lowest BCUT2D eigenvalue weighted by Gasteiger charge is -2.26. The minimum absolute atomic E-state index is 0. The molecule has 6 nitrogen and oxygen atoms in total. The second-order valence-corrected chi connectivity index (χ2v) is 5.03. The maximum atomic E-state index is 11.0. The van der Waals surface area contributed by atoms with Crippen LogP contribution < -0.4 is 5.11 Å². The van der Waals surface area contributed by atoms with Gasteiger partial charge in [-0.05, 0) is 13.0 Å². The number of aliphatic hydroxyl groups is 1. The Kier molecular flexibility index (Phi) is 13.6. The molecule has 0 aromatic carbocycles. The molecule has 0 aliphatic rings. The van der Waals surface area contributed by atoms with Gasteiger partial charge in [-0.1, -0.05) is 13.2 Å². The fourth-order valence-corrected chi connectivity index (χ4v) is 0.980. The van der Waals surface area contributed by atoms with E-state index in [0.29, 0.717) is 16.6 Å². The summed E-state index contributed by atoms with van der Waals surface area (Å²) < 4.78 is 5.44. The molecule has 0 heterocycles. The molecule has 0 fully saturated rings. The van der Waals surface area contributed by atoms with Crippen LogP contribution >= 0.6 is 12.4 Å². The summed E-state index contributed by atoms with van der Waals surface area (Å²) in [6.45, 7) is 8.50. The monoisotopic (exact) mass is 309 g/mol. The lowest BCUT2D eigenvalue weighted by Crippen LogP contribution is -2.43. The summed E-state index contributed by atoms with van der Waals surface area (Å²) >= 11 is 0. The quantitative estimate of drug-likeness (QED) is 0.407. The summed E-state index contributed by atoms with van der Waals surface area (Å²) in [4.78, 5) is 20.1. The number of carbonyl (C=O) groups excluding carboxylic acids is 2. The summed E-state index contributed by atoms with van der Waals surface area (Å²) in [5.41, 5.74) is 0.349. The van der Waals surface area contributed by atoms with Crippen molar-refractivity contribution in [2.45, 2.75) is 13.0 Å². The van der Waals surface area contributed by atoms with Gasteiger partial charge in [0.2, 0.25) is 0 Å². The standard InChI is InChI=1S/C10H20NO3.C3H4O2.ClH/c1-8(2)10(13)14-7-9(12)6-11(3,4)5;1-2-3(4)5;/h9,12H,1,6-7H2,2-5H3;2H,1H2,(H,4,5);1H/q+1;;/p-1. The van der Waals surface area contributed by atoms with Crippen LogP contribution in [-0.2, 0) is 14.3 Å². The van der Waals surface area contributed by atoms with E-state index in [1.807, 2.05) is 21.1 Å². The van der Waals surface area contributed by atoms with Crippen molar-refractivity contribution >= 4 is 24.3 Å². The van der Waals surface area contributed by atoms with Gasteiger partial charge in [0.15, 0.2) is 0 Å². The number of quaternary nitrogens is 1. The first-order valence-corrected chi connectivity index (χ1v) is 5.64. The van der Waals surface area contributed by atoms with Crippen LogP contribution in [0.15, 0.2) is 24.8 Å². The van der Waals surface area contributed by atoms with Crippen LogP contribution in [0.1, 0.15) is 6.92 Å². The molecule has 1 unspecified atom stereocenters. The van der Waals surface area contributed by atoms with Crippen molar-refractivity contribution in [3.8, 4) is 0 Å². The number of carboxylic acid groups (broad SMARTS) is 1. The van der Waals surface area contributed by atoms with Crippen LogP contribution in [0.25, 0.3) is 0 Å². The number of nitrogens with zero attached hydrogens (tertiary/aromatic N) is 1. The van der Waals surface area contributed by atoms with Gasteiger partial charge in [-0.25, -0.2) is 4.79 Å². The van der Waals surface area contributed by atoms with Crippen molar-refractivity contribution in [1.29, 1.82) is 0 Å². The molecule has 0 aliphatic carbocycles. The first-order chi connectivity index (χ1) is 8.49. The lowest BCUT2D eigenvalue weighted by molar-refractivity contribution is -0.873. The molecule has 0 aromatic rings. The largest absolute Gasteiger partial charge is 0.545 e. The number of hydrogen-bond donors (Lipinski definition) is 1. The van der Waals surface area contributed by atoms with E-state index in [4.69, 9.17) is 14.6 Å². The maximum absolute atomic E-state index is 11.0. The van der Waals surface area contributed by atoms with Crippen LogP contribution in [0.5, 0.6) is 0 Å². The summed E-state index contributed by atoms with van der Waals surface area (Å²) in [5, 5.41) is 18.6. The highest BCUT2D eigenvalue weighted by atomic mass is 35.5. The van der Waals surface area contributed by atoms with Crippen LogP contribution in [0, 0.1) is 0 Å². The smallest absolute Gasteiger partial charge is 0.333 e. The molecule has 0 rings (SSSR count). The van der Waals surface area contributed by atoms with E-state index >= 15 is 0 Å². The number of carbonyl (C=O) groups is 2. The van der Waals surface area contributed by atoms with Crippen LogP contribution in [0.2, 0.25) is 0 Å². The predicted octanol–water partition coefficient (Wildman–Crippen LogP) is -0.483. The Morgan fingerprint density at radius 2 is 1.80 bits per heavy atom. The van der Waals surface area contributed by atoms with E-state index < -0.39 is 18.0 Å². The number of hydrogen-bond acceptors (Lipinski definition) is 5. The molecule has 7 heteroatoms. The van der Waals surface area contributed by atoms with Crippen LogP contribution in [0.3, 0.4) is 0 Å². The van der Waals surface area contributed by atoms with E-state index in [0.717, 1.165) is 6.08 Å². The number of carboxylic acids is 1. The summed E-state index contributed by atoms with van der Waals surface area (Å²) in [7, 11) is 5.89. The van der Waals surface area contributed by atoms with Crippen LogP contribution in [0.4, 0.5) is 0 Å². The molecule has 0 radical (unpaired) electrons. The molecule has 0 saturated carbocycles. The molecule has 0 bridgehead atoms.